The highest BCUT2D eigenvalue weighted by molar-refractivity contribution is 7.89. The average Bonchev–Trinajstić information content (AvgIpc) is 3.00. The van der Waals surface area contributed by atoms with Gasteiger partial charge in [0, 0.05) is 24.5 Å². The molecule has 0 aliphatic carbocycles. The maximum absolute atomic E-state index is 13.3. The van der Waals surface area contributed by atoms with Crippen molar-refractivity contribution in [2.75, 3.05) is 19.6 Å². The third kappa shape index (κ3) is 17.3. The van der Waals surface area contributed by atoms with Gasteiger partial charge in [0.2, 0.25) is 27.7 Å². The van der Waals surface area contributed by atoms with Crippen LogP contribution in [0.3, 0.4) is 0 Å². The number of sulfonamides is 1. The molecule has 12 heteroatoms. The Morgan fingerprint density at radius 1 is 0.844 bits per heavy atom. The first kappa shape index (κ1) is 40.8. The first-order valence-electron chi connectivity index (χ1n) is 16.9. The molecule has 6 N–H and O–H groups in total. The summed E-state index contributed by atoms with van der Waals surface area (Å²) < 4.78 is 27.5. The van der Waals surface area contributed by atoms with E-state index in [4.69, 9.17) is 23.1 Å². The molecule has 1 rings (SSSR count). The Morgan fingerprint density at radius 3 is 1.89 bits per heavy atom. The third-order valence-electron chi connectivity index (χ3n) is 8.00. The molecule has 0 saturated heterocycles. The van der Waals surface area contributed by atoms with E-state index in [0.717, 1.165) is 23.6 Å². The Kier molecular flexibility index (Phi) is 21.8. The highest BCUT2D eigenvalue weighted by Gasteiger charge is 2.32. The van der Waals surface area contributed by atoms with Gasteiger partial charge in [0.05, 0.1) is 4.90 Å². The zero-order valence-corrected chi connectivity index (χ0v) is 29.1. The summed E-state index contributed by atoms with van der Waals surface area (Å²) in [4.78, 5) is 37.6. The maximum atomic E-state index is 13.3. The molecule has 0 heterocycles. The van der Waals surface area contributed by atoms with Crippen LogP contribution in [0.4, 0.5) is 0 Å². The van der Waals surface area contributed by atoms with Crippen molar-refractivity contribution >= 4 is 39.3 Å². The minimum Gasteiger partial charge on any atom is -0.368 e. The first-order valence-corrected chi connectivity index (χ1v) is 18.7. The molecule has 3 amide bonds. The maximum Gasteiger partial charge on any atom is 0.243 e. The summed E-state index contributed by atoms with van der Waals surface area (Å²) in [6.07, 6.45) is 18.0. The third-order valence-corrected chi connectivity index (χ3v) is 10.2. The van der Waals surface area contributed by atoms with Crippen LogP contribution >= 0.6 is 11.6 Å². The fraction of sp³-hybridized carbons (Fsp3) is 0.727. The zero-order valence-electron chi connectivity index (χ0n) is 27.5. The molecule has 2 atom stereocenters. The van der Waals surface area contributed by atoms with Gasteiger partial charge in [-0.2, -0.15) is 4.31 Å². The van der Waals surface area contributed by atoms with Crippen molar-refractivity contribution in [2.24, 2.45) is 11.5 Å². The van der Waals surface area contributed by atoms with Crippen LogP contribution in [0.25, 0.3) is 0 Å². The Bertz CT molecular complexity index is 1090. The lowest BCUT2D eigenvalue weighted by molar-refractivity contribution is -0.129. The summed E-state index contributed by atoms with van der Waals surface area (Å²) in [5.74, 6) is -1.42. The predicted molar refractivity (Wildman–Crippen MR) is 182 cm³/mol. The van der Waals surface area contributed by atoms with Gasteiger partial charge < -0.3 is 22.1 Å². The summed E-state index contributed by atoms with van der Waals surface area (Å²) >= 11 is 5.90. The van der Waals surface area contributed by atoms with Crippen molar-refractivity contribution in [2.45, 2.75) is 140 Å². The molecule has 0 aromatic heterocycles. The fourth-order valence-corrected chi connectivity index (χ4v) is 6.88. The van der Waals surface area contributed by atoms with E-state index in [0.29, 0.717) is 37.3 Å². The van der Waals surface area contributed by atoms with E-state index >= 15 is 0 Å². The molecule has 0 aliphatic rings. The molecule has 1 aromatic carbocycles. The largest absolute Gasteiger partial charge is 0.368 e. The second-order valence-electron chi connectivity index (χ2n) is 11.8. The lowest BCUT2D eigenvalue weighted by Gasteiger charge is -2.27. The van der Waals surface area contributed by atoms with Gasteiger partial charge in [-0.3, -0.25) is 14.4 Å². The van der Waals surface area contributed by atoms with E-state index in [9.17, 15) is 22.8 Å². The fourth-order valence-electron chi connectivity index (χ4n) is 5.15. The van der Waals surface area contributed by atoms with Gasteiger partial charge in [0.15, 0.2) is 0 Å². The Balaban J connectivity index is 2.53. The summed E-state index contributed by atoms with van der Waals surface area (Å²) in [5.41, 5.74) is 11.1. The number of carbonyl (C=O) groups is 3. The average molecular weight is 672 g/mol. The van der Waals surface area contributed by atoms with Gasteiger partial charge in [-0.05, 0) is 63.4 Å². The second kappa shape index (κ2) is 24.0. The van der Waals surface area contributed by atoms with Gasteiger partial charge in [-0.25, -0.2) is 8.42 Å². The minimum absolute atomic E-state index is 0.0496. The lowest BCUT2D eigenvalue weighted by Crippen LogP contribution is -2.51. The number of unbranched alkanes of at least 4 members (excludes halogenated alkanes) is 13. The van der Waals surface area contributed by atoms with Gasteiger partial charge in [-0.1, -0.05) is 95.6 Å². The summed E-state index contributed by atoms with van der Waals surface area (Å²) in [7, 11) is -4.11. The molecule has 0 aliphatic heterocycles. The molecule has 0 saturated carbocycles. The van der Waals surface area contributed by atoms with Gasteiger partial charge in [0.25, 0.3) is 0 Å². The smallest absolute Gasteiger partial charge is 0.243 e. The number of rotatable bonds is 27. The second-order valence-corrected chi connectivity index (χ2v) is 14.2. The van der Waals surface area contributed by atoms with Crippen molar-refractivity contribution in [3.8, 4) is 0 Å². The number of nitrogens with one attached hydrogen (secondary N) is 2. The number of hydrogen-bond donors (Lipinski definition) is 4. The topological polar surface area (TPSA) is 165 Å². The standard InChI is InChI=1S/C33H58ClN5O5S/c1-3-4-5-6-7-8-9-10-11-12-13-14-15-19-31(40)38-30(18-16-17-24-35)33(42)37-25-26-39(27(2)32(36)41)45(43,44)29-22-20-28(34)21-23-29/h20-23,27,30H,3-19,24-26,35H2,1-2H3,(H2,36,41)(H,37,42)(H,38,40)/t27-,30-/m0/s1. The predicted octanol–water partition coefficient (Wildman–Crippen LogP) is 5.42. The van der Waals surface area contributed by atoms with Crippen LogP contribution in [0.1, 0.15) is 123 Å². The van der Waals surface area contributed by atoms with Gasteiger partial charge in [0.1, 0.15) is 12.1 Å². The molecule has 45 heavy (non-hydrogen) atoms. The number of halogens is 1. The molecule has 0 unspecified atom stereocenters. The Labute approximate surface area is 276 Å². The number of benzene rings is 1. The monoisotopic (exact) mass is 671 g/mol. The summed E-state index contributed by atoms with van der Waals surface area (Å²) in [6, 6.07) is 3.66. The first-order chi connectivity index (χ1) is 21.5. The molecule has 258 valence electrons. The van der Waals surface area contributed by atoms with E-state index in [1.165, 1.54) is 95.4 Å². The molecule has 0 fully saturated rings. The summed E-state index contributed by atoms with van der Waals surface area (Å²) in [6.45, 7) is 3.84. The van der Waals surface area contributed by atoms with Crippen molar-refractivity contribution in [3.63, 3.8) is 0 Å². The van der Waals surface area contributed by atoms with Crippen molar-refractivity contribution in [1.82, 2.24) is 14.9 Å². The minimum atomic E-state index is -4.11. The Hall–Kier alpha value is -2.21. The van der Waals surface area contributed by atoms with Crippen LogP contribution < -0.4 is 22.1 Å². The number of nitrogens with two attached hydrogens (primary N) is 2. The lowest BCUT2D eigenvalue weighted by atomic mass is 10.0. The van der Waals surface area contributed by atoms with Gasteiger partial charge in [-0.15, -0.1) is 0 Å². The number of nitrogens with zero attached hydrogens (tertiary/aromatic N) is 1. The highest BCUT2D eigenvalue weighted by atomic mass is 35.5. The number of primary amides is 1. The molecular weight excluding hydrogens is 614 g/mol. The zero-order chi connectivity index (χ0) is 33.5. The number of carbonyl (C=O) groups excluding carboxylic acids is 3. The van der Waals surface area contributed by atoms with Crippen LogP contribution in [-0.4, -0.2) is 62.2 Å². The Morgan fingerprint density at radius 2 is 1.38 bits per heavy atom. The van der Waals surface area contributed by atoms with Crippen LogP contribution in [0, 0.1) is 0 Å². The van der Waals surface area contributed by atoms with E-state index in [1.54, 1.807) is 0 Å². The molecule has 0 radical (unpaired) electrons. The van der Waals surface area contributed by atoms with Crippen molar-refractivity contribution in [3.05, 3.63) is 29.3 Å². The molecule has 0 spiro atoms. The normalized spacial score (nSPS) is 13.0. The van der Waals surface area contributed by atoms with E-state index < -0.39 is 33.9 Å². The van der Waals surface area contributed by atoms with E-state index in [1.807, 2.05) is 0 Å². The summed E-state index contributed by atoms with van der Waals surface area (Å²) in [5, 5.41) is 5.94. The van der Waals surface area contributed by atoms with Crippen molar-refractivity contribution in [1.29, 1.82) is 0 Å². The SMILES string of the molecule is CCCCCCCCCCCCCCCC(=O)N[C@@H](CCCCN)C(=O)NCCN([C@@H](C)C(N)=O)S(=O)(=O)c1ccc(Cl)cc1. The number of hydrogen-bond acceptors (Lipinski definition) is 6. The molecular formula is C33H58ClN5O5S. The molecule has 1 aromatic rings. The van der Waals surface area contributed by atoms with E-state index in [2.05, 4.69) is 17.6 Å². The molecule has 10 nitrogen and oxygen atoms in total. The molecule has 0 bridgehead atoms. The van der Waals surface area contributed by atoms with Crippen LogP contribution in [-0.2, 0) is 24.4 Å². The van der Waals surface area contributed by atoms with Crippen LogP contribution in [0.15, 0.2) is 29.2 Å². The highest BCUT2D eigenvalue weighted by Crippen LogP contribution is 2.20. The van der Waals surface area contributed by atoms with Crippen molar-refractivity contribution < 1.29 is 22.8 Å². The quantitative estimate of drug-likeness (QED) is 0.0913. The van der Waals surface area contributed by atoms with Crippen LogP contribution in [0.5, 0.6) is 0 Å². The van der Waals surface area contributed by atoms with Crippen LogP contribution in [0.2, 0.25) is 5.02 Å². The van der Waals surface area contributed by atoms with E-state index in [-0.39, 0.29) is 23.9 Å². The number of amides is 3. The van der Waals surface area contributed by atoms with Gasteiger partial charge >= 0.3 is 0 Å².